The highest BCUT2D eigenvalue weighted by Crippen LogP contribution is 2.25. The molecule has 2 aromatic rings. The van der Waals surface area contributed by atoms with E-state index in [0.29, 0.717) is 23.0 Å². The van der Waals surface area contributed by atoms with Gasteiger partial charge in [-0.1, -0.05) is 47.5 Å². The fourth-order valence-electron chi connectivity index (χ4n) is 3.41. The lowest BCUT2D eigenvalue weighted by Crippen LogP contribution is -2.31. The molecule has 1 heterocycles. The zero-order chi connectivity index (χ0) is 19.4. The molecule has 6 heteroatoms. The molecule has 0 saturated carbocycles. The molecule has 0 aromatic heterocycles. The quantitative estimate of drug-likeness (QED) is 0.795. The van der Waals surface area contributed by atoms with E-state index >= 15 is 0 Å². The summed E-state index contributed by atoms with van der Waals surface area (Å²) in [6.07, 6.45) is 2.15. The molecule has 1 aliphatic rings. The van der Waals surface area contributed by atoms with E-state index in [2.05, 4.69) is 23.1 Å². The normalized spacial score (nSPS) is 16.6. The van der Waals surface area contributed by atoms with Crippen molar-refractivity contribution in [1.82, 2.24) is 4.90 Å². The summed E-state index contributed by atoms with van der Waals surface area (Å²) in [5.74, 6) is 0.0639. The van der Waals surface area contributed by atoms with Gasteiger partial charge >= 0.3 is 0 Å². The second-order valence-electron chi connectivity index (χ2n) is 7.11. The number of likely N-dealkylation sites (N-methyl/N-ethyl adjacent to an activating group) is 1. The van der Waals surface area contributed by atoms with Crippen LogP contribution in [0.5, 0.6) is 0 Å². The zero-order valence-corrected chi connectivity index (χ0v) is 17.0. The minimum atomic E-state index is 0.0639. The number of nitrogens with two attached hydrogens (primary N) is 1. The number of para-hydroxylation sites is 1. The van der Waals surface area contributed by atoms with Crippen molar-refractivity contribution in [3.05, 3.63) is 63.6 Å². The lowest BCUT2D eigenvalue weighted by molar-refractivity contribution is -0.129. The van der Waals surface area contributed by atoms with Crippen LogP contribution in [0.25, 0.3) is 0 Å². The first-order valence-electron chi connectivity index (χ1n) is 9.20. The standard InChI is InChI=1S/C21H25Cl2N3O/c1-25(21(27)13-15-6-7-18(22)19(23)12-15)10-8-16-4-2-3-5-20(16)26-11-9-17(24)14-26/h2-7,12,17H,8-11,13-14,24H2,1H3/t17-/m0/s1. The van der Waals surface area contributed by atoms with E-state index in [1.165, 1.54) is 11.3 Å². The molecule has 0 radical (unpaired) electrons. The zero-order valence-electron chi connectivity index (χ0n) is 15.5. The molecule has 1 aliphatic heterocycles. The van der Waals surface area contributed by atoms with E-state index in [1.54, 1.807) is 17.0 Å². The predicted octanol–water partition coefficient (Wildman–Crippen LogP) is 3.77. The second-order valence-corrected chi connectivity index (χ2v) is 7.93. The van der Waals surface area contributed by atoms with Crippen molar-refractivity contribution in [3.8, 4) is 0 Å². The third kappa shape index (κ3) is 5.16. The number of benzene rings is 2. The van der Waals surface area contributed by atoms with Gasteiger partial charge in [0.1, 0.15) is 0 Å². The number of anilines is 1. The molecule has 1 atom stereocenters. The largest absolute Gasteiger partial charge is 0.370 e. The highest BCUT2D eigenvalue weighted by atomic mass is 35.5. The van der Waals surface area contributed by atoms with Crippen LogP contribution in [0.4, 0.5) is 5.69 Å². The minimum absolute atomic E-state index is 0.0639. The molecule has 1 saturated heterocycles. The fraction of sp³-hybridized carbons (Fsp3) is 0.381. The summed E-state index contributed by atoms with van der Waals surface area (Å²) >= 11 is 12.0. The van der Waals surface area contributed by atoms with Crippen LogP contribution in [-0.2, 0) is 17.6 Å². The molecule has 2 aromatic carbocycles. The molecule has 144 valence electrons. The summed E-state index contributed by atoms with van der Waals surface area (Å²) < 4.78 is 0. The summed E-state index contributed by atoms with van der Waals surface area (Å²) in [5.41, 5.74) is 9.41. The van der Waals surface area contributed by atoms with Crippen LogP contribution in [0.15, 0.2) is 42.5 Å². The van der Waals surface area contributed by atoms with Gasteiger partial charge in [0.05, 0.1) is 16.5 Å². The molecule has 0 bridgehead atoms. The fourth-order valence-corrected chi connectivity index (χ4v) is 3.73. The average Bonchev–Trinajstić information content (AvgIpc) is 3.09. The van der Waals surface area contributed by atoms with Crippen molar-refractivity contribution in [2.45, 2.75) is 25.3 Å². The number of rotatable bonds is 6. The van der Waals surface area contributed by atoms with E-state index in [-0.39, 0.29) is 11.9 Å². The summed E-state index contributed by atoms with van der Waals surface area (Å²) in [6.45, 7) is 2.55. The van der Waals surface area contributed by atoms with Crippen LogP contribution in [0.2, 0.25) is 10.0 Å². The Morgan fingerprint density at radius 1 is 1.22 bits per heavy atom. The predicted molar refractivity (Wildman–Crippen MR) is 113 cm³/mol. The van der Waals surface area contributed by atoms with Crippen molar-refractivity contribution in [2.75, 3.05) is 31.6 Å². The number of carbonyl (C=O) groups excluding carboxylic acids is 1. The first kappa shape index (κ1) is 20.0. The Labute approximate surface area is 170 Å². The van der Waals surface area contributed by atoms with Gasteiger partial charge in [-0.25, -0.2) is 0 Å². The number of hydrogen-bond donors (Lipinski definition) is 1. The maximum absolute atomic E-state index is 12.5. The van der Waals surface area contributed by atoms with Gasteiger partial charge in [0.2, 0.25) is 5.91 Å². The van der Waals surface area contributed by atoms with Gasteiger partial charge in [-0.2, -0.15) is 0 Å². The van der Waals surface area contributed by atoms with Crippen molar-refractivity contribution >= 4 is 34.8 Å². The molecule has 0 unspecified atom stereocenters. The van der Waals surface area contributed by atoms with Crippen LogP contribution < -0.4 is 10.6 Å². The van der Waals surface area contributed by atoms with Crippen LogP contribution in [-0.4, -0.2) is 43.5 Å². The summed E-state index contributed by atoms with van der Waals surface area (Å²) in [4.78, 5) is 16.7. The Hall–Kier alpha value is -1.75. The van der Waals surface area contributed by atoms with Crippen LogP contribution in [0.3, 0.4) is 0 Å². The van der Waals surface area contributed by atoms with Crippen molar-refractivity contribution in [2.24, 2.45) is 5.73 Å². The smallest absolute Gasteiger partial charge is 0.226 e. The number of halogens is 2. The van der Waals surface area contributed by atoms with Crippen LogP contribution >= 0.6 is 23.2 Å². The van der Waals surface area contributed by atoms with Crippen molar-refractivity contribution in [3.63, 3.8) is 0 Å². The number of carbonyl (C=O) groups is 1. The number of amides is 1. The molecule has 3 rings (SSSR count). The Morgan fingerprint density at radius 3 is 2.70 bits per heavy atom. The summed E-state index contributed by atoms with van der Waals surface area (Å²) in [7, 11) is 1.84. The summed E-state index contributed by atoms with van der Waals surface area (Å²) in [6, 6.07) is 13.9. The maximum atomic E-state index is 12.5. The first-order valence-corrected chi connectivity index (χ1v) is 9.96. The topological polar surface area (TPSA) is 49.6 Å². The first-order chi connectivity index (χ1) is 12.9. The van der Waals surface area contributed by atoms with Crippen LogP contribution in [0.1, 0.15) is 17.5 Å². The van der Waals surface area contributed by atoms with E-state index in [1.807, 2.05) is 19.2 Å². The Kier molecular flexibility index (Phi) is 6.64. The van der Waals surface area contributed by atoms with Gasteiger partial charge in [-0.05, 0) is 42.2 Å². The van der Waals surface area contributed by atoms with E-state index in [4.69, 9.17) is 28.9 Å². The highest BCUT2D eigenvalue weighted by Gasteiger charge is 2.21. The lowest BCUT2D eigenvalue weighted by Gasteiger charge is -2.23. The van der Waals surface area contributed by atoms with Gasteiger partial charge in [0.15, 0.2) is 0 Å². The Balaban J connectivity index is 1.59. The van der Waals surface area contributed by atoms with Gasteiger partial charge in [0.25, 0.3) is 0 Å². The third-order valence-electron chi connectivity index (χ3n) is 5.04. The van der Waals surface area contributed by atoms with Gasteiger partial charge in [-0.15, -0.1) is 0 Å². The van der Waals surface area contributed by atoms with Crippen molar-refractivity contribution < 1.29 is 4.79 Å². The SMILES string of the molecule is CN(CCc1ccccc1N1CC[C@H](N)C1)C(=O)Cc1ccc(Cl)c(Cl)c1. The molecular formula is C21H25Cl2N3O. The Bertz CT molecular complexity index is 812. The monoisotopic (exact) mass is 405 g/mol. The number of nitrogens with zero attached hydrogens (tertiary/aromatic N) is 2. The molecule has 27 heavy (non-hydrogen) atoms. The van der Waals surface area contributed by atoms with Crippen LogP contribution in [0, 0.1) is 0 Å². The molecule has 0 aliphatic carbocycles. The van der Waals surface area contributed by atoms with Crippen molar-refractivity contribution in [1.29, 1.82) is 0 Å². The van der Waals surface area contributed by atoms with E-state index < -0.39 is 0 Å². The average molecular weight is 406 g/mol. The van der Waals surface area contributed by atoms with E-state index in [0.717, 1.165) is 31.5 Å². The Morgan fingerprint density at radius 2 is 2.00 bits per heavy atom. The third-order valence-corrected chi connectivity index (χ3v) is 5.78. The molecular weight excluding hydrogens is 381 g/mol. The van der Waals surface area contributed by atoms with Gasteiger partial charge in [0, 0.05) is 38.4 Å². The molecule has 2 N–H and O–H groups in total. The lowest BCUT2D eigenvalue weighted by atomic mass is 10.1. The molecule has 0 spiro atoms. The highest BCUT2D eigenvalue weighted by molar-refractivity contribution is 6.42. The van der Waals surface area contributed by atoms with Gasteiger partial charge < -0.3 is 15.5 Å². The minimum Gasteiger partial charge on any atom is -0.370 e. The second kappa shape index (κ2) is 8.96. The number of hydrogen-bond acceptors (Lipinski definition) is 3. The molecule has 1 amide bonds. The molecule has 4 nitrogen and oxygen atoms in total. The molecule has 1 fully saturated rings. The van der Waals surface area contributed by atoms with E-state index in [9.17, 15) is 4.79 Å². The maximum Gasteiger partial charge on any atom is 0.226 e. The van der Waals surface area contributed by atoms with Gasteiger partial charge in [-0.3, -0.25) is 4.79 Å². The summed E-state index contributed by atoms with van der Waals surface area (Å²) in [5, 5.41) is 0.974.